The maximum absolute atomic E-state index is 12.8. The third-order valence-corrected chi connectivity index (χ3v) is 2.46. The molecule has 7 heteroatoms. The van der Waals surface area contributed by atoms with E-state index < -0.39 is 11.7 Å². The molecule has 2 aromatic rings. The minimum absolute atomic E-state index is 0.0147. The molecule has 19 heavy (non-hydrogen) atoms. The number of aromatic nitrogens is 2. The van der Waals surface area contributed by atoms with E-state index in [0.717, 1.165) is 6.07 Å². The van der Waals surface area contributed by atoms with Gasteiger partial charge in [0.25, 0.3) is 0 Å². The molecule has 0 unspecified atom stereocenters. The van der Waals surface area contributed by atoms with Crippen molar-refractivity contribution in [2.75, 3.05) is 5.73 Å². The monoisotopic (exact) mass is 271 g/mol. The van der Waals surface area contributed by atoms with Crippen LogP contribution in [-0.4, -0.2) is 9.78 Å². The zero-order valence-electron chi connectivity index (χ0n) is 10.1. The summed E-state index contributed by atoms with van der Waals surface area (Å²) >= 11 is 0. The summed E-state index contributed by atoms with van der Waals surface area (Å²) in [5.41, 5.74) is 5.22. The number of anilines is 1. The molecule has 1 heterocycles. The van der Waals surface area contributed by atoms with Crippen LogP contribution in [0.3, 0.4) is 0 Å². The maximum Gasteiger partial charge on any atom is 0.420 e. The number of nitrogens with zero attached hydrogens (tertiary/aromatic N) is 2. The fourth-order valence-corrected chi connectivity index (χ4v) is 1.60. The van der Waals surface area contributed by atoms with E-state index in [2.05, 4.69) is 5.10 Å². The third-order valence-electron chi connectivity index (χ3n) is 2.46. The highest BCUT2D eigenvalue weighted by molar-refractivity contribution is 5.49. The number of hydrogen-bond acceptors (Lipinski definition) is 3. The zero-order chi connectivity index (χ0) is 14.0. The van der Waals surface area contributed by atoms with E-state index in [1.807, 2.05) is 0 Å². The lowest BCUT2D eigenvalue weighted by Crippen LogP contribution is -2.09. The van der Waals surface area contributed by atoms with Crippen molar-refractivity contribution >= 4 is 5.69 Å². The summed E-state index contributed by atoms with van der Waals surface area (Å²) in [6.07, 6.45) is -1.30. The Labute approximate surface area is 107 Å². The molecule has 4 nitrogen and oxygen atoms in total. The normalized spacial score (nSPS) is 11.6. The molecular formula is C12H12F3N3O. The van der Waals surface area contributed by atoms with E-state index in [0.29, 0.717) is 5.56 Å². The molecule has 102 valence electrons. The van der Waals surface area contributed by atoms with Crippen LogP contribution in [0.4, 0.5) is 18.9 Å². The molecule has 0 spiro atoms. The molecule has 1 aromatic heterocycles. The molecule has 0 aliphatic carbocycles. The zero-order valence-corrected chi connectivity index (χ0v) is 10.1. The van der Waals surface area contributed by atoms with Gasteiger partial charge in [-0.15, -0.1) is 0 Å². The summed E-state index contributed by atoms with van der Waals surface area (Å²) in [4.78, 5) is 0. The Hall–Kier alpha value is -2.18. The quantitative estimate of drug-likeness (QED) is 0.873. The predicted octanol–water partition coefficient (Wildman–Crippen LogP) is 2.60. The summed E-state index contributed by atoms with van der Waals surface area (Å²) in [5, 5.41) is 3.91. The van der Waals surface area contributed by atoms with E-state index in [9.17, 15) is 13.2 Å². The first-order valence-electron chi connectivity index (χ1n) is 5.43. The molecule has 2 N–H and O–H groups in total. The second kappa shape index (κ2) is 4.83. The van der Waals surface area contributed by atoms with Crippen LogP contribution in [0.25, 0.3) is 0 Å². The highest BCUT2D eigenvalue weighted by Crippen LogP contribution is 2.37. The van der Waals surface area contributed by atoms with E-state index in [-0.39, 0.29) is 18.0 Å². The Bertz CT molecular complexity index is 578. The highest BCUT2D eigenvalue weighted by atomic mass is 19.4. The van der Waals surface area contributed by atoms with Crippen LogP contribution in [0.2, 0.25) is 0 Å². The van der Waals surface area contributed by atoms with Gasteiger partial charge in [-0.25, -0.2) is 0 Å². The second-order valence-corrected chi connectivity index (χ2v) is 4.06. The summed E-state index contributed by atoms with van der Waals surface area (Å²) in [6, 6.07) is 3.45. The van der Waals surface area contributed by atoms with Gasteiger partial charge in [-0.3, -0.25) is 4.68 Å². The first-order chi connectivity index (χ1) is 8.86. The minimum atomic E-state index is -4.50. The first kappa shape index (κ1) is 13.3. The summed E-state index contributed by atoms with van der Waals surface area (Å²) < 4.78 is 45.2. The Balaban J connectivity index is 2.20. The Morgan fingerprint density at radius 2 is 2.11 bits per heavy atom. The Kier molecular flexibility index (Phi) is 3.37. The Morgan fingerprint density at radius 3 is 2.68 bits per heavy atom. The van der Waals surface area contributed by atoms with E-state index >= 15 is 0 Å². The third kappa shape index (κ3) is 3.18. The molecular weight excluding hydrogens is 259 g/mol. The summed E-state index contributed by atoms with van der Waals surface area (Å²) in [5.74, 6) is -0.245. The van der Waals surface area contributed by atoms with Gasteiger partial charge in [0.2, 0.25) is 0 Å². The predicted molar refractivity (Wildman–Crippen MR) is 63.4 cm³/mol. The molecule has 0 atom stereocenters. The van der Waals surface area contributed by atoms with Gasteiger partial charge in [-0.2, -0.15) is 18.3 Å². The fraction of sp³-hybridized carbons (Fsp3) is 0.250. The maximum atomic E-state index is 12.8. The number of nitrogen functional groups attached to an aromatic ring is 1. The van der Waals surface area contributed by atoms with Crippen LogP contribution in [0.15, 0.2) is 30.6 Å². The average molecular weight is 271 g/mol. The lowest BCUT2D eigenvalue weighted by Gasteiger charge is -2.14. The lowest BCUT2D eigenvalue weighted by atomic mass is 10.1. The number of halogens is 3. The number of nitrogens with two attached hydrogens (primary N) is 1. The highest BCUT2D eigenvalue weighted by Gasteiger charge is 2.34. The first-order valence-corrected chi connectivity index (χ1v) is 5.43. The number of aryl methyl sites for hydroxylation is 1. The van der Waals surface area contributed by atoms with Gasteiger partial charge in [0.05, 0.1) is 11.8 Å². The topological polar surface area (TPSA) is 53.1 Å². The van der Waals surface area contributed by atoms with Crippen LogP contribution >= 0.6 is 0 Å². The molecule has 2 rings (SSSR count). The van der Waals surface area contributed by atoms with Gasteiger partial charge in [0, 0.05) is 24.5 Å². The molecule has 0 saturated carbocycles. The van der Waals surface area contributed by atoms with Crippen molar-refractivity contribution in [1.82, 2.24) is 9.78 Å². The van der Waals surface area contributed by atoms with Crippen molar-refractivity contribution in [2.24, 2.45) is 7.05 Å². The number of benzene rings is 1. The van der Waals surface area contributed by atoms with Crippen LogP contribution in [-0.2, 0) is 19.8 Å². The molecule has 0 bridgehead atoms. The lowest BCUT2D eigenvalue weighted by molar-refractivity contribution is -0.139. The van der Waals surface area contributed by atoms with Crippen LogP contribution in [0, 0.1) is 0 Å². The second-order valence-electron chi connectivity index (χ2n) is 4.06. The number of ether oxygens (including phenoxy) is 1. The van der Waals surface area contributed by atoms with Crippen molar-refractivity contribution in [1.29, 1.82) is 0 Å². The van der Waals surface area contributed by atoms with Crippen LogP contribution < -0.4 is 10.5 Å². The molecule has 0 aliphatic heterocycles. The summed E-state index contributed by atoms with van der Waals surface area (Å²) in [6.45, 7) is 0.0147. The van der Waals surface area contributed by atoms with Crippen molar-refractivity contribution in [3.05, 3.63) is 41.7 Å². The molecule has 0 radical (unpaired) electrons. The van der Waals surface area contributed by atoms with Crippen molar-refractivity contribution in [2.45, 2.75) is 12.8 Å². The molecule has 0 amide bonds. The van der Waals surface area contributed by atoms with Gasteiger partial charge in [-0.1, -0.05) is 0 Å². The van der Waals surface area contributed by atoms with Crippen molar-refractivity contribution < 1.29 is 17.9 Å². The average Bonchev–Trinajstić information content (AvgIpc) is 2.72. The summed E-state index contributed by atoms with van der Waals surface area (Å²) in [7, 11) is 1.72. The minimum Gasteiger partial charge on any atom is -0.488 e. The fourth-order valence-electron chi connectivity index (χ4n) is 1.60. The van der Waals surface area contributed by atoms with Gasteiger partial charge < -0.3 is 10.5 Å². The molecule has 0 aliphatic rings. The SMILES string of the molecule is Cn1cc(COc2ccc(N)cc2C(F)(F)F)cn1. The molecule has 0 saturated heterocycles. The number of hydrogen-bond donors (Lipinski definition) is 1. The number of rotatable bonds is 3. The van der Waals surface area contributed by atoms with Gasteiger partial charge >= 0.3 is 6.18 Å². The van der Waals surface area contributed by atoms with Crippen LogP contribution in [0.1, 0.15) is 11.1 Å². The van der Waals surface area contributed by atoms with E-state index in [1.165, 1.54) is 18.3 Å². The smallest absolute Gasteiger partial charge is 0.420 e. The van der Waals surface area contributed by atoms with Crippen molar-refractivity contribution in [3.8, 4) is 5.75 Å². The molecule has 0 fully saturated rings. The number of alkyl halides is 3. The van der Waals surface area contributed by atoms with E-state index in [4.69, 9.17) is 10.5 Å². The van der Waals surface area contributed by atoms with E-state index in [1.54, 1.807) is 17.9 Å². The van der Waals surface area contributed by atoms with Gasteiger partial charge in [-0.05, 0) is 18.2 Å². The van der Waals surface area contributed by atoms with Gasteiger partial charge in [0.15, 0.2) is 0 Å². The van der Waals surface area contributed by atoms with Crippen LogP contribution in [0.5, 0.6) is 5.75 Å². The standard InChI is InChI=1S/C12H12F3N3O/c1-18-6-8(5-17-18)7-19-11-3-2-9(16)4-10(11)12(13,14)15/h2-6H,7,16H2,1H3. The molecule has 1 aromatic carbocycles. The Morgan fingerprint density at radius 1 is 1.37 bits per heavy atom. The van der Waals surface area contributed by atoms with Crippen molar-refractivity contribution in [3.63, 3.8) is 0 Å². The largest absolute Gasteiger partial charge is 0.488 e. The van der Waals surface area contributed by atoms with Gasteiger partial charge in [0.1, 0.15) is 12.4 Å².